The lowest BCUT2D eigenvalue weighted by Crippen LogP contribution is -2.43. The zero-order chi connectivity index (χ0) is 17.2. The summed E-state index contributed by atoms with van der Waals surface area (Å²) >= 11 is 0. The highest BCUT2D eigenvalue weighted by molar-refractivity contribution is 5.77. The van der Waals surface area contributed by atoms with E-state index in [1.807, 2.05) is 60.7 Å². The van der Waals surface area contributed by atoms with Gasteiger partial charge in [-0.2, -0.15) is 0 Å². The van der Waals surface area contributed by atoms with Crippen molar-refractivity contribution in [1.29, 1.82) is 0 Å². The van der Waals surface area contributed by atoms with E-state index in [2.05, 4.69) is 5.32 Å². The predicted octanol–water partition coefficient (Wildman–Crippen LogP) is 1.98. The molecule has 6 heteroatoms. The van der Waals surface area contributed by atoms with Crippen LogP contribution in [0.25, 0.3) is 0 Å². The van der Waals surface area contributed by atoms with Crippen molar-refractivity contribution in [1.82, 2.24) is 5.32 Å². The molecular formula is C18H20N2O4. The van der Waals surface area contributed by atoms with Gasteiger partial charge in [0.1, 0.15) is 19.3 Å². The van der Waals surface area contributed by atoms with Crippen LogP contribution in [-0.2, 0) is 27.5 Å². The summed E-state index contributed by atoms with van der Waals surface area (Å²) in [5.74, 6) is -0.581. The summed E-state index contributed by atoms with van der Waals surface area (Å²) in [7, 11) is 0. The van der Waals surface area contributed by atoms with Crippen LogP contribution in [0.4, 0.5) is 4.79 Å². The molecule has 1 amide bonds. The summed E-state index contributed by atoms with van der Waals surface area (Å²) in [6, 6.07) is 17.6. The first kappa shape index (κ1) is 17.5. The molecule has 0 aliphatic rings. The second-order valence-electron chi connectivity index (χ2n) is 5.14. The molecule has 0 heterocycles. The Morgan fingerprint density at radius 3 is 1.92 bits per heavy atom. The van der Waals surface area contributed by atoms with E-state index in [-0.39, 0.29) is 19.8 Å². The number of amides is 1. The summed E-state index contributed by atoms with van der Waals surface area (Å²) in [4.78, 5) is 23.4. The van der Waals surface area contributed by atoms with Crippen molar-refractivity contribution < 1.29 is 19.1 Å². The number of esters is 1. The molecule has 0 spiro atoms. The first-order valence-corrected chi connectivity index (χ1v) is 7.56. The van der Waals surface area contributed by atoms with Crippen molar-refractivity contribution in [3.63, 3.8) is 0 Å². The second kappa shape index (κ2) is 9.32. The maximum atomic E-state index is 11.8. The molecule has 2 aromatic carbocycles. The highest BCUT2D eigenvalue weighted by Crippen LogP contribution is 2.02. The third kappa shape index (κ3) is 6.10. The standard InChI is InChI=1S/C18H20N2O4/c19-16(17(21)23-12-14-7-3-1-4-8-14)11-20-18(22)24-13-15-9-5-2-6-10-15/h1-10,16H,11-13,19H2,(H,20,22)/t16-/m1/s1. The molecule has 0 aliphatic carbocycles. The van der Waals surface area contributed by atoms with E-state index in [1.165, 1.54) is 0 Å². The maximum Gasteiger partial charge on any atom is 0.407 e. The fourth-order valence-electron chi connectivity index (χ4n) is 1.89. The Labute approximate surface area is 140 Å². The van der Waals surface area contributed by atoms with Crippen molar-refractivity contribution in [2.45, 2.75) is 19.3 Å². The Morgan fingerprint density at radius 1 is 0.875 bits per heavy atom. The van der Waals surface area contributed by atoms with Gasteiger partial charge in [0.25, 0.3) is 0 Å². The lowest BCUT2D eigenvalue weighted by Gasteiger charge is -2.13. The minimum atomic E-state index is -0.946. The highest BCUT2D eigenvalue weighted by atomic mass is 16.5. The van der Waals surface area contributed by atoms with Crippen molar-refractivity contribution in [3.05, 3.63) is 71.8 Å². The third-order valence-corrected chi connectivity index (χ3v) is 3.21. The fourth-order valence-corrected chi connectivity index (χ4v) is 1.89. The van der Waals surface area contributed by atoms with Gasteiger partial charge >= 0.3 is 12.1 Å². The van der Waals surface area contributed by atoms with Crippen molar-refractivity contribution in [2.24, 2.45) is 5.73 Å². The number of hydrogen-bond donors (Lipinski definition) is 2. The van der Waals surface area contributed by atoms with Crippen LogP contribution < -0.4 is 11.1 Å². The Morgan fingerprint density at radius 2 is 1.38 bits per heavy atom. The summed E-state index contributed by atoms with van der Waals surface area (Å²) in [6.07, 6.45) is -0.634. The van der Waals surface area contributed by atoms with E-state index in [1.54, 1.807) is 0 Å². The smallest absolute Gasteiger partial charge is 0.407 e. The van der Waals surface area contributed by atoms with Gasteiger partial charge in [0, 0.05) is 6.54 Å². The van der Waals surface area contributed by atoms with Gasteiger partial charge in [-0.25, -0.2) is 4.79 Å². The summed E-state index contributed by atoms with van der Waals surface area (Å²) in [5, 5.41) is 2.44. The fraction of sp³-hybridized carbons (Fsp3) is 0.222. The molecule has 0 radical (unpaired) electrons. The quantitative estimate of drug-likeness (QED) is 0.759. The van der Waals surface area contributed by atoms with Gasteiger partial charge < -0.3 is 20.5 Å². The maximum absolute atomic E-state index is 11.8. The molecule has 2 rings (SSSR count). The van der Waals surface area contributed by atoms with Crippen molar-refractivity contribution in [2.75, 3.05) is 6.54 Å². The van der Waals surface area contributed by atoms with Gasteiger partial charge in [-0.3, -0.25) is 4.79 Å². The molecule has 0 unspecified atom stereocenters. The molecule has 0 fully saturated rings. The minimum Gasteiger partial charge on any atom is -0.460 e. The summed E-state index contributed by atoms with van der Waals surface area (Å²) in [6.45, 7) is 0.243. The molecular weight excluding hydrogens is 308 g/mol. The van der Waals surface area contributed by atoms with Gasteiger partial charge in [-0.1, -0.05) is 60.7 Å². The summed E-state index contributed by atoms with van der Waals surface area (Å²) in [5.41, 5.74) is 7.44. The van der Waals surface area contributed by atoms with Crippen LogP contribution in [0, 0.1) is 0 Å². The molecule has 126 valence electrons. The molecule has 0 aliphatic heterocycles. The van der Waals surface area contributed by atoms with Gasteiger partial charge in [-0.05, 0) is 11.1 Å². The van der Waals surface area contributed by atoms with E-state index in [0.717, 1.165) is 11.1 Å². The molecule has 0 aromatic heterocycles. The van der Waals surface area contributed by atoms with Crippen LogP contribution in [0.3, 0.4) is 0 Å². The SMILES string of the molecule is N[C@H](CNC(=O)OCc1ccccc1)C(=O)OCc1ccccc1. The largest absolute Gasteiger partial charge is 0.460 e. The number of carbonyl (C=O) groups excluding carboxylic acids is 2. The molecule has 0 saturated carbocycles. The van der Waals surface area contributed by atoms with Gasteiger partial charge in [-0.15, -0.1) is 0 Å². The van der Waals surface area contributed by atoms with Crippen LogP contribution >= 0.6 is 0 Å². The number of nitrogens with one attached hydrogen (secondary N) is 1. The lowest BCUT2D eigenvalue weighted by atomic mass is 10.2. The highest BCUT2D eigenvalue weighted by Gasteiger charge is 2.16. The predicted molar refractivity (Wildman–Crippen MR) is 88.8 cm³/mol. The minimum absolute atomic E-state index is 0.0543. The number of alkyl carbamates (subject to hydrolysis) is 1. The first-order chi connectivity index (χ1) is 11.6. The average Bonchev–Trinajstić information content (AvgIpc) is 2.64. The number of hydrogen-bond acceptors (Lipinski definition) is 5. The van der Waals surface area contributed by atoms with Crippen LogP contribution in [0.2, 0.25) is 0 Å². The number of nitrogens with two attached hydrogens (primary N) is 1. The Bertz CT molecular complexity index is 647. The van der Waals surface area contributed by atoms with Crippen LogP contribution in [0.5, 0.6) is 0 Å². The normalized spacial score (nSPS) is 11.4. The van der Waals surface area contributed by atoms with Gasteiger partial charge in [0.15, 0.2) is 0 Å². The number of benzene rings is 2. The molecule has 0 saturated heterocycles. The zero-order valence-corrected chi connectivity index (χ0v) is 13.2. The average molecular weight is 328 g/mol. The van der Waals surface area contributed by atoms with Crippen molar-refractivity contribution in [3.8, 4) is 0 Å². The van der Waals surface area contributed by atoms with E-state index in [9.17, 15) is 9.59 Å². The number of rotatable bonds is 7. The first-order valence-electron chi connectivity index (χ1n) is 7.56. The van der Waals surface area contributed by atoms with Crippen molar-refractivity contribution >= 4 is 12.1 Å². The molecule has 24 heavy (non-hydrogen) atoms. The Kier molecular flexibility index (Phi) is 6.79. The molecule has 2 aromatic rings. The third-order valence-electron chi connectivity index (χ3n) is 3.21. The van der Waals surface area contributed by atoms with Crippen LogP contribution in [0.1, 0.15) is 11.1 Å². The monoisotopic (exact) mass is 328 g/mol. The Hall–Kier alpha value is -2.86. The van der Waals surface area contributed by atoms with E-state index in [4.69, 9.17) is 15.2 Å². The molecule has 6 nitrogen and oxygen atoms in total. The van der Waals surface area contributed by atoms with Crippen LogP contribution in [-0.4, -0.2) is 24.6 Å². The van der Waals surface area contributed by atoms with Gasteiger partial charge in [0.2, 0.25) is 0 Å². The topological polar surface area (TPSA) is 90.6 Å². The van der Waals surface area contributed by atoms with E-state index in [0.29, 0.717) is 0 Å². The molecule has 3 N–H and O–H groups in total. The molecule has 0 bridgehead atoms. The van der Waals surface area contributed by atoms with E-state index >= 15 is 0 Å². The number of ether oxygens (including phenoxy) is 2. The lowest BCUT2D eigenvalue weighted by molar-refractivity contribution is -0.146. The van der Waals surface area contributed by atoms with Crippen LogP contribution in [0.15, 0.2) is 60.7 Å². The summed E-state index contributed by atoms with van der Waals surface area (Å²) < 4.78 is 10.1. The van der Waals surface area contributed by atoms with Gasteiger partial charge in [0.05, 0.1) is 0 Å². The number of carbonyl (C=O) groups is 2. The Balaban J connectivity index is 1.65. The van der Waals surface area contributed by atoms with E-state index < -0.39 is 18.1 Å². The zero-order valence-electron chi connectivity index (χ0n) is 13.2. The molecule has 1 atom stereocenters. The second-order valence-corrected chi connectivity index (χ2v) is 5.14.